The van der Waals surface area contributed by atoms with E-state index in [9.17, 15) is 24.3 Å². The topological polar surface area (TPSA) is 178 Å². The average Bonchev–Trinajstić information content (AvgIpc) is 3.37. The highest BCUT2D eigenvalue weighted by Crippen LogP contribution is 2.40. The maximum atomic E-state index is 13.0. The van der Waals surface area contributed by atoms with E-state index >= 15 is 0 Å². The normalized spacial score (nSPS) is 17.0. The van der Waals surface area contributed by atoms with Gasteiger partial charge in [0.1, 0.15) is 17.9 Å². The highest BCUT2D eigenvalue weighted by molar-refractivity contribution is 8.01. The molecule has 0 saturated carbocycles. The fourth-order valence-corrected chi connectivity index (χ4v) is 6.03. The molecule has 1 saturated heterocycles. The summed E-state index contributed by atoms with van der Waals surface area (Å²) in [5.41, 5.74) is 10.4. The van der Waals surface area contributed by atoms with Crippen LogP contribution in [0.15, 0.2) is 67.0 Å². The molecule has 1 aliphatic rings. The number of hydrogen-bond donors (Lipinski definition) is 4. The Kier molecular flexibility index (Phi) is 15.2. The number of aliphatic hydroxyl groups is 1. The van der Waals surface area contributed by atoms with E-state index in [1.165, 1.54) is 16.7 Å². The van der Waals surface area contributed by atoms with Crippen molar-refractivity contribution in [1.29, 1.82) is 0 Å². The summed E-state index contributed by atoms with van der Waals surface area (Å²) in [5.74, 6) is -0.605. The molecule has 13 heteroatoms. The molecule has 1 aromatic heterocycles. The molecule has 4 rings (SSSR count). The number of aliphatic hydroxyl groups excluding tert-OH is 1. The van der Waals surface area contributed by atoms with Crippen molar-refractivity contribution in [2.75, 3.05) is 18.7 Å². The SMILES string of the molecule is CC(c1ccccc1)C(O)C(=O)N1CSC(C)(C)C1C(=O)NC(C)(C)C.CSC(C)C(N)=O.NC(=O)COc1cccc2cnccc12. The smallest absolute Gasteiger partial charge is 0.255 e. The van der Waals surface area contributed by atoms with Crippen molar-refractivity contribution in [2.45, 2.75) is 82.1 Å². The summed E-state index contributed by atoms with van der Waals surface area (Å²) in [6, 6.07) is 16.3. The lowest BCUT2D eigenvalue weighted by atomic mass is 9.93. The first-order valence-electron chi connectivity index (χ1n) is 15.4. The number of benzene rings is 2. The van der Waals surface area contributed by atoms with Crippen molar-refractivity contribution in [3.8, 4) is 5.75 Å². The van der Waals surface area contributed by atoms with Gasteiger partial charge in [0.2, 0.25) is 11.8 Å². The molecule has 0 aliphatic carbocycles. The first-order valence-corrected chi connectivity index (χ1v) is 17.7. The van der Waals surface area contributed by atoms with E-state index in [1.807, 2.05) is 96.3 Å². The molecule has 48 heavy (non-hydrogen) atoms. The van der Waals surface area contributed by atoms with Gasteiger partial charge in [-0.3, -0.25) is 24.2 Å². The number of nitrogens with zero attached hydrogens (tertiary/aromatic N) is 2. The Morgan fingerprint density at radius 2 is 1.73 bits per heavy atom. The lowest BCUT2D eigenvalue weighted by molar-refractivity contribution is -0.147. The Labute approximate surface area is 291 Å². The number of hydrogen-bond acceptors (Lipinski definition) is 9. The summed E-state index contributed by atoms with van der Waals surface area (Å²) in [5, 5.41) is 15.5. The number of carbonyl (C=O) groups is 4. The van der Waals surface area contributed by atoms with Gasteiger partial charge in [-0.25, -0.2) is 0 Å². The molecule has 11 nitrogen and oxygen atoms in total. The largest absolute Gasteiger partial charge is 0.483 e. The van der Waals surface area contributed by atoms with Crippen LogP contribution < -0.4 is 21.5 Å². The van der Waals surface area contributed by atoms with Crippen molar-refractivity contribution < 1.29 is 29.0 Å². The molecule has 3 aromatic rings. The zero-order chi connectivity index (χ0) is 36.2. The summed E-state index contributed by atoms with van der Waals surface area (Å²) < 4.78 is 4.86. The van der Waals surface area contributed by atoms with Gasteiger partial charge in [0.05, 0.1) is 11.1 Å². The Morgan fingerprint density at radius 3 is 2.27 bits per heavy atom. The highest BCUT2D eigenvalue weighted by Gasteiger charge is 2.49. The third-order valence-corrected chi connectivity index (χ3v) is 9.71. The van der Waals surface area contributed by atoms with Crippen LogP contribution in [-0.4, -0.2) is 85.0 Å². The average molecular weight is 700 g/mol. The van der Waals surface area contributed by atoms with Crippen LogP contribution in [0.25, 0.3) is 10.8 Å². The summed E-state index contributed by atoms with van der Waals surface area (Å²) in [6.07, 6.45) is 4.10. The van der Waals surface area contributed by atoms with Crippen LogP contribution in [0.5, 0.6) is 5.75 Å². The van der Waals surface area contributed by atoms with E-state index in [0.29, 0.717) is 11.6 Å². The fourth-order valence-electron chi connectivity index (χ4n) is 4.66. The van der Waals surface area contributed by atoms with Crippen LogP contribution in [-0.2, 0) is 19.2 Å². The lowest BCUT2D eigenvalue weighted by Crippen LogP contribution is -2.58. The number of fused-ring (bicyclic) bond motifs is 1. The molecule has 0 radical (unpaired) electrons. The van der Waals surface area contributed by atoms with E-state index in [4.69, 9.17) is 16.2 Å². The Morgan fingerprint density at radius 1 is 1.08 bits per heavy atom. The number of carbonyl (C=O) groups excluding carboxylic acids is 4. The summed E-state index contributed by atoms with van der Waals surface area (Å²) in [4.78, 5) is 52.1. The minimum absolute atomic E-state index is 0.0417. The molecule has 1 fully saturated rings. The Hall–Kier alpha value is -3.81. The molecule has 4 atom stereocenters. The third kappa shape index (κ3) is 12.0. The van der Waals surface area contributed by atoms with E-state index < -0.39 is 28.7 Å². The number of nitrogens with one attached hydrogen (secondary N) is 1. The molecule has 262 valence electrons. The first kappa shape index (κ1) is 40.4. The van der Waals surface area contributed by atoms with Gasteiger partial charge in [-0.2, -0.15) is 11.8 Å². The van der Waals surface area contributed by atoms with Crippen molar-refractivity contribution in [1.82, 2.24) is 15.2 Å². The van der Waals surface area contributed by atoms with Crippen LogP contribution >= 0.6 is 23.5 Å². The first-order chi connectivity index (χ1) is 22.4. The van der Waals surface area contributed by atoms with E-state index in [2.05, 4.69) is 10.3 Å². The zero-order valence-corrected chi connectivity index (χ0v) is 30.6. The van der Waals surface area contributed by atoms with Gasteiger partial charge >= 0.3 is 0 Å². The molecule has 1 aliphatic heterocycles. The predicted molar refractivity (Wildman–Crippen MR) is 195 cm³/mol. The minimum Gasteiger partial charge on any atom is -0.483 e. The number of rotatable bonds is 9. The van der Waals surface area contributed by atoms with Crippen molar-refractivity contribution in [3.63, 3.8) is 0 Å². The van der Waals surface area contributed by atoms with Gasteiger partial charge in [0.25, 0.3) is 11.8 Å². The standard InChI is InChI=1S/C20H30N2O3S.C11H10N2O2.C4H9NOS/c1-13(14-10-8-7-9-11-14)15(23)18(25)22-12-26-20(5,6)16(22)17(24)21-19(2,3)4;12-11(14)7-15-10-3-1-2-8-6-13-5-4-9(8)10;1-3(7-2)4(5)6/h7-11,13,15-16,23H,12H2,1-6H3,(H,21,24);1-6H,7H2,(H2,12,14);3H,1-2H3,(H2,5,6). The van der Waals surface area contributed by atoms with Crippen molar-refractivity contribution in [3.05, 3.63) is 72.6 Å². The molecule has 0 bridgehead atoms. The molecular formula is C35H49N5O6S2. The van der Waals surface area contributed by atoms with Crippen molar-refractivity contribution in [2.24, 2.45) is 11.5 Å². The summed E-state index contributed by atoms with van der Waals surface area (Å²) >= 11 is 3.01. The van der Waals surface area contributed by atoms with Crippen LogP contribution in [0.2, 0.25) is 0 Å². The second-order valence-corrected chi connectivity index (χ2v) is 15.6. The van der Waals surface area contributed by atoms with Crippen LogP contribution in [0.3, 0.4) is 0 Å². The molecular weight excluding hydrogens is 651 g/mol. The van der Waals surface area contributed by atoms with Gasteiger partial charge in [0.15, 0.2) is 6.61 Å². The number of aromatic nitrogens is 1. The van der Waals surface area contributed by atoms with Crippen LogP contribution in [0, 0.1) is 0 Å². The van der Waals surface area contributed by atoms with Gasteiger partial charge in [-0.05, 0) is 65.5 Å². The van der Waals surface area contributed by atoms with E-state index in [-0.39, 0.29) is 35.1 Å². The third-order valence-electron chi connectivity index (χ3n) is 7.39. The molecule has 6 N–H and O–H groups in total. The number of thioether (sulfide) groups is 2. The second-order valence-electron chi connectivity index (χ2n) is 12.9. The van der Waals surface area contributed by atoms with Gasteiger partial charge in [-0.1, -0.05) is 49.4 Å². The van der Waals surface area contributed by atoms with E-state index in [1.54, 1.807) is 37.1 Å². The Bertz CT molecular complexity index is 1530. The van der Waals surface area contributed by atoms with Crippen molar-refractivity contribution >= 4 is 57.9 Å². The number of pyridine rings is 1. The highest BCUT2D eigenvalue weighted by atomic mass is 32.2. The minimum atomic E-state index is -1.18. The molecule has 2 aromatic carbocycles. The molecule has 4 amide bonds. The van der Waals surface area contributed by atoms with Gasteiger partial charge < -0.3 is 31.5 Å². The summed E-state index contributed by atoms with van der Waals surface area (Å²) in [6.45, 7) is 13.2. The zero-order valence-electron chi connectivity index (χ0n) is 28.9. The maximum absolute atomic E-state index is 13.0. The van der Waals surface area contributed by atoms with Crippen LogP contribution in [0.1, 0.15) is 59.9 Å². The van der Waals surface area contributed by atoms with Crippen LogP contribution in [0.4, 0.5) is 0 Å². The Balaban J connectivity index is 0.000000304. The van der Waals surface area contributed by atoms with Gasteiger partial charge in [0, 0.05) is 39.4 Å². The predicted octanol–water partition coefficient (Wildman–Crippen LogP) is 4.07. The quantitative estimate of drug-likeness (QED) is 0.256. The molecule has 2 heterocycles. The fraction of sp³-hybridized carbons (Fsp3) is 0.457. The molecule has 4 unspecified atom stereocenters. The van der Waals surface area contributed by atoms with E-state index in [0.717, 1.165) is 16.3 Å². The number of primary amides is 2. The molecule has 0 spiro atoms. The maximum Gasteiger partial charge on any atom is 0.255 e. The summed E-state index contributed by atoms with van der Waals surface area (Å²) in [7, 11) is 0. The number of nitrogens with two attached hydrogens (primary N) is 2. The second kappa shape index (κ2) is 18.1. The lowest BCUT2D eigenvalue weighted by Gasteiger charge is -2.34. The van der Waals surface area contributed by atoms with Gasteiger partial charge in [-0.15, -0.1) is 11.8 Å². The monoisotopic (exact) mass is 699 g/mol. The number of amides is 4. The number of ether oxygens (including phenoxy) is 1.